The molecule has 1 saturated heterocycles. The van der Waals surface area contributed by atoms with Gasteiger partial charge in [-0.3, -0.25) is 4.79 Å². The van der Waals surface area contributed by atoms with Crippen molar-refractivity contribution in [3.63, 3.8) is 0 Å². The van der Waals surface area contributed by atoms with Gasteiger partial charge in [0.1, 0.15) is 24.4 Å². The number of nitrogens with zero attached hydrogens (tertiary/aromatic N) is 2. The Balaban J connectivity index is 1.65. The summed E-state index contributed by atoms with van der Waals surface area (Å²) < 4.78 is 13.5. The highest BCUT2D eigenvalue weighted by Gasteiger charge is 2.46. The second kappa shape index (κ2) is 8.01. The maximum absolute atomic E-state index is 13.5. The third-order valence-electron chi connectivity index (χ3n) is 8.03. The van der Waals surface area contributed by atoms with Gasteiger partial charge in [0.25, 0.3) is 5.91 Å². The first-order valence-electron chi connectivity index (χ1n) is 12.3. The summed E-state index contributed by atoms with van der Waals surface area (Å²) in [5.41, 5.74) is 4.82. The minimum Gasteiger partial charge on any atom is -0.394 e. The topological polar surface area (TPSA) is 120 Å². The van der Waals surface area contributed by atoms with Crippen LogP contribution in [0.25, 0.3) is 43.6 Å². The molecule has 0 spiro atoms. The number of methoxy groups -OCH3 is 1. The number of aromatic nitrogens is 2. The summed E-state index contributed by atoms with van der Waals surface area (Å²) in [7, 11) is 3.22. The zero-order valence-corrected chi connectivity index (χ0v) is 20.4. The van der Waals surface area contributed by atoms with E-state index in [-0.39, 0.29) is 12.5 Å². The molecule has 4 heterocycles. The van der Waals surface area contributed by atoms with Crippen LogP contribution in [0.4, 0.5) is 0 Å². The van der Waals surface area contributed by atoms with Gasteiger partial charge >= 0.3 is 0 Å². The number of rotatable bonds is 3. The number of fused-ring (bicyclic) bond motifs is 10. The first-order valence-corrected chi connectivity index (χ1v) is 12.3. The Hall–Kier alpha value is -3.47. The van der Waals surface area contributed by atoms with Crippen LogP contribution in [0.1, 0.15) is 22.1 Å². The predicted octanol–water partition coefficient (Wildman–Crippen LogP) is 2.64. The maximum atomic E-state index is 13.5. The zero-order chi connectivity index (χ0) is 25.6. The number of aromatic amines is 1. The Kier molecular flexibility index (Phi) is 4.92. The minimum atomic E-state index is -1.33. The molecule has 5 unspecified atom stereocenters. The fourth-order valence-electron chi connectivity index (χ4n) is 6.40. The summed E-state index contributed by atoms with van der Waals surface area (Å²) in [4.78, 5) is 18.7. The first kappa shape index (κ1) is 22.7. The molecule has 9 nitrogen and oxygen atoms in total. The summed E-state index contributed by atoms with van der Waals surface area (Å²) in [5.74, 6) is -0.0314. The molecule has 37 heavy (non-hydrogen) atoms. The third-order valence-corrected chi connectivity index (χ3v) is 8.03. The maximum Gasteiger partial charge on any atom is 0.254 e. The van der Waals surface area contributed by atoms with E-state index in [4.69, 9.17) is 9.47 Å². The lowest BCUT2D eigenvalue weighted by atomic mass is 9.96. The van der Waals surface area contributed by atoms with Crippen LogP contribution in [0.5, 0.6) is 0 Å². The molecule has 7 rings (SSSR count). The average Bonchev–Trinajstić information content (AvgIpc) is 3.55. The monoisotopic (exact) mass is 501 g/mol. The van der Waals surface area contributed by atoms with Crippen molar-refractivity contribution in [2.45, 2.75) is 37.2 Å². The number of amides is 1. The number of carbonyl (C=O) groups excluding carboxylic acids is 1. The molecular weight excluding hydrogens is 474 g/mol. The Bertz CT molecular complexity index is 1720. The van der Waals surface area contributed by atoms with Crippen molar-refractivity contribution in [3.05, 3.63) is 59.7 Å². The molecule has 190 valence electrons. The summed E-state index contributed by atoms with van der Waals surface area (Å²) in [6.07, 6.45) is -5.34. The Morgan fingerprint density at radius 3 is 2.54 bits per heavy atom. The SMILES string of the molecule is COC1C(CO)OC(n2c3ccccc3c3c4c(c5c6ccccc6[nH]c5c32)C(=O)N(C)C4)C(O)C1O. The molecule has 0 radical (unpaired) electrons. The number of nitrogens with one attached hydrogen (secondary N) is 1. The molecule has 2 aliphatic heterocycles. The standard InChI is InChI=1S/C28H27N3O6/c1-30-11-15-19-14-8-4-6-10-17(14)31(28-25(34)24(33)26(36-2)18(12-32)37-28)23(19)22-20(21(15)27(30)35)13-7-3-5-9-16(13)29-22/h3-10,18,24-26,28-29,32-34H,11-12H2,1-2H3. The molecular formula is C28H27N3O6. The van der Waals surface area contributed by atoms with Gasteiger partial charge in [0.15, 0.2) is 6.23 Å². The Morgan fingerprint density at radius 1 is 1.05 bits per heavy atom. The van der Waals surface area contributed by atoms with Crippen LogP contribution in [0.15, 0.2) is 48.5 Å². The summed E-state index contributed by atoms with van der Waals surface area (Å²) >= 11 is 0. The lowest BCUT2D eigenvalue weighted by molar-refractivity contribution is -0.255. The van der Waals surface area contributed by atoms with E-state index < -0.39 is 30.6 Å². The van der Waals surface area contributed by atoms with E-state index in [9.17, 15) is 20.1 Å². The smallest absolute Gasteiger partial charge is 0.254 e. The van der Waals surface area contributed by atoms with Crippen molar-refractivity contribution in [1.29, 1.82) is 0 Å². The summed E-state index contributed by atoms with van der Waals surface area (Å²) in [5, 5.41) is 35.9. The number of carbonyl (C=O) groups is 1. The fourth-order valence-corrected chi connectivity index (χ4v) is 6.40. The number of benzene rings is 3. The molecule has 0 bridgehead atoms. The Morgan fingerprint density at radius 2 is 1.78 bits per heavy atom. The molecule has 0 saturated carbocycles. The van der Waals surface area contributed by atoms with Gasteiger partial charge in [0.05, 0.1) is 28.7 Å². The van der Waals surface area contributed by atoms with Crippen LogP contribution in [0.2, 0.25) is 0 Å². The highest BCUT2D eigenvalue weighted by molar-refractivity contribution is 6.30. The largest absolute Gasteiger partial charge is 0.394 e. The molecule has 5 aromatic rings. The highest BCUT2D eigenvalue weighted by Crippen LogP contribution is 2.47. The summed E-state index contributed by atoms with van der Waals surface area (Å²) in [6.45, 7) is 0.0717. The van der Waals surface area contributed by atoms with Crippen LogP contribution in [-0.2, 0) is 16.0 Å². The number of aliphatic hydroxyl groups is 3. The van der Waals surface area contributed by atoms with Gasteiger partial charge in [-0.2, -0.15) is 0 Å². The van der Waals surface area contributed by atoms with E-state index in [1.165, 1.54) is 7.11 Å². The van der Waals surface area contributed by atoms with Crippen LogP contribution < -0.4 is 0 Å². The second-order valence-electron chi connectivity index (χ2n) is 9.98. The predicted molar refractivity (Wildman–Crippen MR) is 138 cm³/mol. The summed E-state index contributed by atoms with van der Waals surface area (Å²) in [6, 6.07) is 15.7. The molecule has 2 aromatic heterocycles. The fraction of sp³-hybridized carbons (Fsp3) is 0.321. The van der Waals surface area contributed by atoms with Crippen LogP contribution in [0, 0.1) is 0 Å². The van der Waals surface area contributed by atoms with Crippen molar-refractivity contribution in [1.82, 2.24) is 14.5 Å². The van der Waals surface area contributed by atoms with E-state index >= 15 is 0 Å². The van der Waals surface area contributed by atoms with Crippen LogP contribution in [0.3, 0.4) is 0 Å². The molecule has 3 aromatic carbocycles. The lowest BCUT2D eigenvalue weighted by Gasteiger charge is -2.42. The number of aliphatic hydroxyl groups excluding tert-OH is 3. The van der Waals surface area contributed by atoms with Crippen LogP contribution >= 0.6 is 0 Å². The quantitative estimate of drug-likeness (QED) is 0.302. The average molecular weight is 502 g/mol. The van der Waals surface area contributed by atoms with Crippen molar-refractivity contribution >= 4 is 49.5 Å². The lowest BCUT2D eigenvalue weighted by Crippen LogP contribution is -2.57. The number of H-pyrrole nitrogens is 1. The van der Waals surface area contributed by atoms with Crippen molar-refractivity contribution in [2.75, 3.05) is 20.8 Å². The van der Waals surface area contributed by atoms with Gasteiger partial charge in [-0.1, -0.05) is 36.4 Å². The molecule has 4 N–H and O–H groups in total. The molecule has 5 atom stereocenters. The van der Waals surface area contributed by atoms with Gasteiger partial charge < -0.3 is 39.2 Å². The van der Waals surface area contributed by atoms with E-state index in [0.29, 0.717) is 12.1 Å². The molecule has 1 amide bonds. The van der Waals surface area contributed by atoms with E-state index in [0.717, 1.165) is 49.2 Å². The highest BCUT2D eigenvalue weighted by atomic mass is 16.6. The van der Waals surface area contributed by atoms with E-state index in [1.54, 1.807) is 11.9 Å². The van der Waals surface area contributed by atoms with Gasteiger partial charge in [0.2, 0.25) is 0 Å². The van der Waals surface area contributed by atoms with Crippen molar-refractivity contribution in [2.24, 2.45) is 0 Å². The zero-order valence-electron chi connectivity index (χ0n) is 20.4. The molecule has 0 aliphatic carbocycles. The van der Waals surface area contributed by atoms with Crippen molar-refractivity contribution < 1.29 is 29.6 Å². The molecule has 1 fully saturated rings. The second-order valence-corrected chi connectivity index (χ2v) is 9.98. The van der Waals surface area contributed by atoms with Gasteiger partial charge in [-0.15, -0.1) is 0 Å². The minimum absolute atomic E-state index is 0.0314. The first-order chi connectivity index (χ1) is 18.0. The van der Waals surface area contributed by atoms with Gasteiger partial charge in [0, 0.05) is 47.8 Å². The van der Waals surface area contributed by atoms with E-state index in [2.05, 4.69) is 4.98 Å². The number of ether oxygens (including phenoxy) is 2. The normalized spacial score (nSPS) is 26.2. The molecule has 2 aliphatic rings. The van der Waals surface area contributed by atoms with Crippen LogP contribution in [-0.4, -0.2) is 80.9 Å². The van der Waals surface area contributed by atoms with Crippen molar-refractivity contribution in [3.8, 4) is 0 Å². The number of hydrogen-bond donors (Lipinski definition) is 4. The van der Waals surface area contributed by atoms with Gasteiger partial charge in [-0.05, 0) is 17.7 Å². The molecule has 9 heteroatoms. The van der Waals surface area contributed by atoms with Gasteiger partial charge in [-0.25, -0.2) is 0 Å². The Labute approximate surface area is 211 Å². The number of para-hydroxylation sites is 2. The van der Waals surface area contributed by atoms with E-state index in [1.807, 2.05) is 53.1 Å². The number of hydrogen-bond acceptors (Lipinski definition) is 6. The third kappa shape index (κ3) is 2.88.